The number of carboxylic acid groups (broad SMARTS) is 1. The third-order valence-corrected chi connectivity index (χ3v) is 3.10. The number of nitrogens with one attached hydrogen (secondary N) is 1. The lowest BCUT2D eigenvalue weighted by Crippen LogP contribution is -2.13. The first-order valence-electron chi connectivity index (χ1n) is 6.20. The van der Waals surface area contributed by atoms with Crippen LogP contribution in [0.4, 0.5) is 5.69 Å². The topological polar surface area (TPSA) is 66.4 Å². The SMILES string of the molecule is Cc1cc(NC(=O)c2ccccc2C)ccc1C(=O)O. The van der Waals surface area contributed by atoms with Gasteiger partial charge in [0.25, 0.3) is 5.91 Å². The number of anilines is 1. The molecule has 0 saturated heterocycles. The van der Waals surface area contributed by atoms with Crippen LogP contribution in [0.1, 0.15) is 31.8 Å². The van der Waals surface area contributed by atoms with Gasteiger partial charge >= 0.3 is 5.97 Å². The van der Waals surface area contributed by atoms with Crippen LogP contribution in [0.2, 0.25) is 0 Å². The molecule has 0 aliphatic carbocycles. The van der Waals surface area contributed by atoms with Gasteiger partial charge in [-0.1, -0.05) is 18.2 Å². The molecule has 4 nitrogen and oxygen atoms in total. The van der Waals surface area contributed by atoms with Gasteiger partial charge in [0.05, 0.1) is 5.56 Å². The maximum Gasteiger partial charge on any atom is 0.335 e. The Morgan fingerprint density at radius 3 is 2.25 bits per heavy atom. The first-order chi connectivity index (χ1) is 9.49. The highest BCUT2D eigenvalue weighted by Gasteiger charge is 2.11. The van der Waals surface area contributed by atoms with Gasteiger partial charge in [0.2, 0.25) is 0 Å². The maximum atomic E-state index is 12.1. The van der Waals surface area contributed by atoms with Crippen LogP contribution in [0.25, 0.3) is 0 Å². The van der Waals surface area contributed by atoms with E-state index in [1.807, 2.05) is 19.1 Å². The minimum absolute atomic E-state index is 0.203. The molecule has 0 aromatic heterocycles. The third kappa shape index (κ3) is 2.85. The lowest BCUT2D eigenvalue weighted by Gasteiger charge is -2.09. The fourth-order valence-electron chi connectivity index (χ4n) is 2.01. The molecule has 0 radical (unpaired) electrons. The minimum Gasteiger partial charge on any atom is -0.478 e. The molecule has 20 heavy (non-hydrogen) atoms. The maximum absolute atomic E-state index is 12.1. The smallest absolute Gasteiger partial charge is 0.335 e. The van der Waals surface area contributed by atoms with Gasteiger partial charge in [-0.15, -0.1) is 0 Å². The Balaban J connectivity index is 2.23. The summed E-state index contributed by atoms with van der Waals surface area (Å²) in [6, 6.07) is 12.0. The zero-order valence-corrected chi connectivity index (χ0v) is 11.3. The van der Waals surface area contributed by atoms with E-state index in [1.54, 1.807) is 31.2 Å². The summed E-state index contributed by atoms with van der Waals surface area (Å²) in [6.07, 6.45) is 0. The molecule has 0 unspecified atom stereocenters. The van der Waals surface area contributed by atoms with Crippen LogP contribution in [-0.2, 0) is 0 Å². The van der Waals surface area contributed by atoms with Crippen LogP contribution in [0.5, 0.6) is 0 Å². The van der Waals surface area contributed by atoms with Crippen molar-refractivity contribution in [3.63, 3.8) is 0 Å². The molecule has 0 bridgehead atoms. The lowest BCUT2D eigenvalue weighted by molar-refractivity contribution is 0.0696. The van der Waals surface area contributed by atoms with E-state index in [4.69, 9.17) is 5.11 Å². The average molecular weight is 269 g/mol. The molecule has 0 spiro atoms. The molecular weight excluding hydrogens is 254 g/mol. The number of carbonyl (C=O) groups excluding carboxylic acids is 1. The number of carbonyl (C=O) groups is 2. The number of hydrogen-bond acceptors (Lipinski definition) is 2. The van der Waals surface area contributed by atoms with Crippen molar-refractivity contribution >= 4 is 17.6 Å². The van der Waals surface area contributed by atoms with Crippen LogP contribution in [0.3, 0.4) is 0 Å². The lowest BCUT2D eigenvalue weighted by atomic mass is 10.1. The minimum atomic E-state index is -0.973. The molecule has 2 N–H and O–H groups in total. The van der Waals surface area contributed by atoms with Crippen LogP contribution < -0.4 is 5.32 Å². The first-order valence-corrected chi connectivity index (χ1v) is 6.20. The van der Waals surface area contributed by atoms with Gasteiger partial charge in [0.1, 0.15) is 0 Å². The second kappa shape index (κ2) is 5.57. The average Bonchev–Trinajstić information content (AvgIpc) is 2.38. The summed E-state index contributed by atoms with van der Waals surface area (Å²) >= 11 is 0. The quantitative estimate of drug-likeness (QED) is 0.898. The Hall–Kier alpha value is -2.62. The summed E-state index contributed by atoms with van der Waals surface area (Å²) in [4.78, 5) is 23.1. The van der Waals surface area contributed by atoms with Crippen molar-refractivity contribution in [3.8, 4) is 0 Å². The van der Waals surface area contributed by atoms with Crippen molar-refractivity contribution < 1.29 is 14.7 Å². The summed E-state index contributed by atoms with van der Waals surface area (Å²) < 4.78 is 0. The largest absolute Gasteiger partial charge is 0.478 e. The third-order valence-electron chi connectivity index (χ3n) is 3.10. The molecule has 102 valence electrons. The summed E-state index contributed by atoms with van der Waals surface area (Å²) in [6.45, 7) is 3.57. The highest BCUT2D eigenvalue weighted by atomic mass is 16.4. The van der Waals surface area contributed by atoms with E-state index in [2.05, 4.69) is 5.32 Å². The number of hydrogen-bond donors (Lipinski definition) is 2. The van der Waals surface area contributed by atoms with Crippen molar-refractivity contribution in [1.82, 2.24) is 0 Å². The van der Waals surface area contributed by atoms with E-state index >= 15 is 0 Å². The number of carboxylic acids is 1. The Morgan fingerprint density at radius 2 is 1.65 bits per heavy atom. The molecule has 4 heteroatoms. The Labute approximate surface area is 117 Å². The number of aromatic carboxylic acids is 1. The highest BCUT2D eigenvalue weighted by Crippen LogP contribution is 2.17. The van der Waals surface area contributed by atoms with E-state index in [-0.39, 0.29) is 11.5 Å². The van der Waals surface area contributed by atoms with Crippen molar-refractivity contribution in [2.45, 2.75) is 13.8 Å². The van der Waals surface area contributed by atoms with Crippen molar-refractivity contribution in [2.75, 3.05) is 5.32 Å². The molecule has 2 aromatic rings. The molecule has 0 heterocycles. The van der Waals surface area contributed by atoms with Gasteiger partial charge in [0.15, 0.2) is 0 Å². The Bertz CT molecular complexity index is 677. The standard InChI is InChI=1S/C16H15NO3/c1-10-5-3-4-6-13(10)15(18)17-12-7-8-14(16(19)20)11(2)9-12/h3-9H,1-2H3,(H,17,18)(H,19,20). The summed E-state index contributed by atoms with van der Waals surface area (Å²) in [5, 5.41) is 11.7. The molecular formula is C16H15NO3. The van der Waals surface area contributed by atoms with E-state index in [0.717, 1.165) is 5.56 Å². The predicted octanol–water partition coefficient (Wildman–Crippen LogP) is 3.25. The fourth-order valence-corrected chi connectivity index (χ4v) is 2.01. The van der Waals surface area contributed by atoms with Crippen LogP contribution in [0.15, 0.2) is 42.5 Å². The van der Waals surface area contributed by atoms with Crippen LogP contribution in [0, 0.1) is 13.8 Å². The molecule has 0 fully saturated rings. The zero-order valence-electron chi connectivity index (χ0n) is 11.3. The normalized spacial score (nSPS) is 10.1. The Kier molecular flexibility index (Phi) is 3.84. The van der Waals surface area contributed by atoms with Gasteiger partial charge in [-0.2, -0.15) is 0 Å². The van der Waals surface area contributed by atoms with E-state index in [0.29, 0.717) is 16.8 Å². The van der Waals surface area contributed by atoms with E-state index in [1.165, 1.54) is 6.07 Å². The fraction of sp³-hybridized carbons (Fsp3) is 0.125. The number of amides is 1. The molecule has 0 aliphatic heterocycles. The van der Waals surface area contributed by atoms with Crippen molar-refractivity contribution in [1.29, 1.82) is 0 Å². The van der Waals surface area contributed by atoms with E-state index < -0.39 is 5.97 Å². The molecule has 0 saturated carbocycles. The van der Waals surface area contributed by atoms with Crippen LogP contribution >= 0.6 is 0 Å². The molecule has 0 atom stereocenters. The molecule has 2 aromatic carbocycles. The molecule has 1 amide bonds. The van der Waals surface area contributed by atoms with Gasteiger partial charge < -0.3 is 10.4 Å². The Morgan fingerprint density at radius 1 is 0.950 bits per heavy atom. The van der Waals surface area contributed by atoms with Gasteiger partial charge in [-0.3, -0.25) is 4.79 Å². The summed E-state index contributed by atoms with van der Waals surface area (Å²) in [5.41, 5.74) is 2.93. The second-order valence-corrected chi connectivity index (χ2v) is 4.60. The van der Waals surface area contributed by atoms with Gasteiger partial charge in [-0.25, -0.2) is 4.79 Å². The highest BCUT2D eigenvalue weighted by molar-refractivity contribution is 6.05. The summed E-state index contributed by atoms with van der Waals surface area (Å²) in [7, 11) is 0. The molecule has 2 rings (SSSR count). The number of aryl methyl sites for hydroxylation is 2. The molecule has 0 aliphatic rings. The predicted molar refractivity (Wildman–Crippen MR) is 77.3 cm³/mol. The number of benzene rings is 2. The summed E-state index contributed by atoms with van der Waals surface area (Å²) in [5.74, 6) is -1.18. The second-order valence-electron chi connectivity index (χ2n) is 4.60. The zero-order chi connectivity index (χ0) is 14.7. The van der Waals surface area contributed by atoms with Crippen LogP contribution in [-0.4, -0.2) is 17.0 Å². The van der Waals surface area contributed by atoms with Gasteiger partial charge in [-0.05, 0) is 49.2 Å². The first kappa shape index (κ1) is 13.8. The van der Waals surface area contributed by atoms with E-state index in [9.17, 15) is 9.59 Å². The van der Waals surface area contributed by atoms with Crippen molar-refractivity contribution in [2.24, 2.45) is 0 Å². The van der Waals surface area contributed by atoms with Gasteiger partial charge in [0, 0.05) is 11.3 Å². The monoisotopic (exact) mass is 269 g/mol. The van der Waals surface area contributed by atoms with Crippen molar-refractivity contribution in [3.05, 3.63) is 64.7 Å². The number of rotatable bonds is 3.